The van der Waals surface area contributed by atoms with E-state index in [1.807, 2.05) is 0 Å². The fraction of sp³-hybridized carbons (Fsp3) is 0.308. The van der Waals surface area contributed by atoms with Gasteiger partial charge >= 0.3 is 0 Å². The van der Waals surface area contributed by atoms with Crippen LogP contribution in [0.15, 0.2) is 24.3 Å². The van der Waals surface area contributed by atoms with Gasteiger partial charge < -0.3 is 0 Å². The molecule has 1 aliphatic rings. The number of benzene rings is 1. The molecule has 0 saturated heterocycles. The molecular formula is C13H13N. The molecule has 1 heteroatoms. The molecule has 0 amide bonds. The number of rotatable bonds is 0. The summed E-state index contributed by atoms with van der Waals surface area (Å²) < 4.78 is 0. The summed E-state index contributed by atoms with van der Waals surface area (Å²) >= 11 is 0. The zero-order valence-corrected chi connectivity index (χ0v) is 8.38. The molecule has 0 unspecified atom stereocenters. The Hall–Kier alpha value is -1.55. The smallest absolute Gasteiger partial charge is 0.0915 e. The number of allylic oxidation sites excluding steroid dienone is 2. The number of hydrogen-bond donors (Lipinski definition) is 0. The lowest BCUT2D eigenvalue weighted by Gasteiger charge is -2.20. The molecule has 0 heterocycles. The molecule has 0 saturated carbocycles. The van der Waals surface area contributed by atoms with E-state index in [9.17, 15) is 0 Å². The number of fused-ring (bicyclic) bond motifs is 1. The molecule has 1 aliphatic carbocycles. The summed E-state index contributed by atoms with van der Waals surface area (Å²) in [6.45, 7) is 2.12. The standard InChI is InChI=1S/C13H13N/c1-10-4-2-5-11-6-3-7-12(8-9-14)13(10)11/h2,4-5,8H,3,6-7H2,1H3/b12-8+. The summed E-state index contributed by atoms with van der Waals surface area (Å²) in [5.74, 6) is 0. The van der Waals surface area contributed by atoms with Gasteiger partial charge in [-0.25, -0.2) is 0 Å². The van der Waals surface area contributed by atoms with Gasteiger partial charge in [0.05, 0.1) is 6.07 Å². The maximum Gasteiger partial charge on any atom is 0.0915 e. The monoisotopic (exact) mass is 183 g/mol. The van der Waals surface area contributed by atoms with Crippen LogP contribution in [0.5, 0.6) is 0 Å². The van der Waals surface area contributed by atoms with Gasteiger partial charge in [0.15, 0.2) is 0 Å². The highest BCUT2D eigenvalue weighted by molar-refractivity contribution is 5.73. The van der Waals surface area contributed by atoms with E-state index < -0.39 is 0 Å². The average Bonchev–Trinajstić information content (AvgIpc) is 2.19. The summed E-state index contributed by atoms with van der Waals surface area (Å²) in [6, 6.07) is 8.54. The van der Waals surface area contributed by atoms with Crippen LogP contribution in [0, 0.1) is 18.3 Å². The first-order valence-electron chi connectivity index (χ1n) is 5.00. The first-order valence-corrected chi connectivity index (χ1v) is 5.00. The molecule has 0 atom stereocenters. The fourth-order valence-corrected chi connectivity index (χ4v) is 2.21. The number of hydrogen-bond acceptors (Lipinski definition) is 1. The van der Waals surface area contributed by atoms with Gasteiger partial charge in [-0.15, -0.1) is 0 Å². The van der Waals surface area contributed by atoms with Crippen LogP contribution in [-0.2, 0) is 6.42 Å². The largest absolute Gasteiger partial charge is 0.193 e. The van der Waals surface area contributed by atoms with E-state index in [0.717, 1.165) is 12.8 Å². The molecule has 1 aromatic rings. The minimum absolute atomic E-state index is 1.05. The molecule has 1 nitrogen and oxygen atoms in total. The van der Waals surface area contributed by atoms with Crippen molar-refractivity contribution in [2.45, 2.75) is 26.2 Å². The van der Waals surface area contributed by atoms with E-state index in [0.29, 0.717) is 0 Å². The highest BCUT2D eigenvalue weighted by Crippen LogP contribution is 2.32. The van der Waals surface area contributed by atoms with E-state index >= 15 is 0 Å². The SMILES string of the molecule is Cc1cccc2c1/C(=C/C#N)CCC2. The van der Waals surface area contributed by atoms with Gasteiger partial charge in [0, 0.05) is 6.08 Å². The second-order valence-corrected chi connectivity index (χ2v) is 3.76. The molecule has 0 aromatic heterocycles. The molecule has 14 heavy (non-hydrogen) atoms. The zero-order chi connectivity index (χ0) is 9.97. The second kappa shape index (κ2) is 3.67. The van der Waals surface area contributed by atoms with Gasteiger partial charge in [-0.05, 0) is 48.4 Å². The predicted molar refractivity (Wildman–Crippen MR) is 57.7 cm³/mol. The molecule has 0 N–H and O–H groups in total. The highest BCUT2D eigenvalue weighted by Gasteiger charge is 2.15. The van der Waals surface area contributed by atoms with Crippen molar-refractivity contribution in [3.05, 3.63) is 41.0 Å². The van der Waals surface area contributed by atoms with Crippen molar-refractivity contribution < 1.29 is 0 Å². The lowest BCUT2D eigenvalue weighted by atomic mass is 9.84. The van der Waals surface area contributed by atoms with Crippen LogP contribution in [0.4, 0.5) is 0 Å². The van der Waals surface area contributed by atoms with Crippen LogP contribution < -0.4 is 0 Å². The normalized spacial score (nSPS) is 17.6. The molecule has 0 bridgehead atoms. The lowest BCUT2D eigenvalue weighted by molar-refractivity contribution is 0.819. The predicted octanol–water partition coefficient (Wildman–Crippen LogP) is 3.24. The Morgan fingerprint density at radius 3 is 3.00 bits per heavy atom. The summed E-state index contributed by atoms with van der Waals surface area (Å²) in [5, 5.41) is 8.71. The van der Waals surface area contributed by atoms with Gasteiger partial charge in [0.1, 0.15) is 0 Å². The molecule has 0 fully saturated rings. The maximum absolute atomic E-state index is 8.71. The van der Waals surface area contributed by atoms with E-state index in [4.69, 9.17) is 5.26 Å². The van der Waals surface area contributed by atoms with Crippen molar-refractivity contribution in [3.8, 4) is 6.07 Å². The molecular weight excluding hydrogens is 170 g/mol. The van der Waals surface area contributed by atoms with Crippen molar-refractivity contribution in [1.29, 1.82) is 5.26 Å². The molecule has 0 radical (unpaired) electrons. The minimum Gasteiger partial charge on any atom is -0.193 e. The van der Waals surface area contributed by atoms with Gasteiger partial charge in [0.2, 0.25) is 0 Å². The number of nitrogens with zero attached hydrogens (tertiary/aromatic N) is 1. The zero-order valence-electron chi connectivity index (χ0n) is 8.38. The highest BCUT2D eigenvalue weighted by atomic mass is 14.2. The Morgan fingerprint density at radius 2 is 2.21 bits per heavy atom. The summed E-state index contributed by atoms with van der Waals surface area (Å²) in [4.78, 5) is 0. The van der Waals surface area contributed by atoms with Crippen molar-refractivity contribution >= 4 is 5.57 Å². The van der Waals surface area contributed by atoms with Crippen LogP contribution in [0.2, 0.25) is 0 Å². The van der Waals surface area contributed by atoms with Crippen LogP contribution in [0.25, 0.3) is 5.57 Å². The van der Waals surface area contributed by atoms with E-state index in [-0.39, 0.29) is 0 Å². The Kier molecular flexibility index (Phi) is 2.37. The van der Waals surface area contributed by atoms with Crippen LogP contribution >= 0.6 is 0 Å². The van der Waals surface area contributed by atoms with Crippen molar-refractivity contribution in [3.63, 3.8) is 0 Å². The maximum atomic E-state index is 8.71. The Labute approximate surface area is 84.7 Å². The van der Waals surface area contributed by atoms with Crippen molar-refractivity contribution in [2.75, 3.05) is 0 Å². The molecule has 70 valence electrons. The molecule has 1 aromatic carbocycles. The first-order chi connectivity index (χ1) is 6.83. The Bertz CT molecular complexity index is 421. The molecule has 0 aliphatic heterocycles. The third-order valence-electron chi connectivity index (χ3n) is 2.81. The fourth-order valence-electron chi connectivity index (χ4n) is 2.21. The Morgan fingerprint density at radius 1 is 1.36 bits per heavy atom. The van der Waals surface area contributed by atoms with Crippen LogP contribution in [0.3, 0.4) is 0 Å². The van der Waals surface area contributed by atoms with E-state index in [1.165, 1.54) is 28.7 Å². The number of aryl methyl sites for hydroxylation is 2. The van der Waals surface area contributed by atoms with Crippen LogP contribution in [0.1, 0.15) is 29.5 Å². The molecule has 2 rings (SSSR count). The van der Waals surface area contributed by atoms with Gasteiger partial charge in [-0.2, -0.15) is 5.26 Å². The van der Waals surface area contributed by atoms with Gasteiger partial charge in [-0.3, -0.25) is 0 Å². The van der Waals surface area contributed by atoms with Crippen molar-refractivity contribution in [2.24, 2.45) is 0 Å². The third kappa shape index (κ3) is 1.44. The van der Waals surface area contributed by atoms with Gasteiger partial charge in [0.25, 0.3) is 0 Å². The first kappa shape index (κ1) is 9.02. The lowest BCUT2D eigenvalue weighted by Crippen LogP contribution is -2.03. The average molecular weight is 183 g/mol. The summed E-state index contributed by atoms with van der Waals surface area (Å²) in [5.41, 5.74) is 5.23. The quantitative estimate of drug-likeness (QED) is 0.566. The second-order valence-electron chi connectivity index (χ2n) is 3.76. The third-order valence-corrected chi connectivity index (χ3v) is 2.81. The minimum atomic E-state index is 1.05. The number of nitriles is 1. The Balaban J connectivity index is 2.59. The topological polar surface area (TPSA) is 23.8 Å². The summed E-state index contributed by atoms with van der Waals surface area (Å²) in [7, 11) is 0. The van der Waals surface area contributed by atoms with E-state index in [2.05, 4.69) is 31.2 Å². The van der Waals surface area contributed by atoms with Gasteiger partial charge in [-0.1, -0.05) is 18.2 Å². The van der Waals surface area contributed by atoms with Crippen LogP contribution in [-0.4, -0.2) is 0 Å². The van der Waals surface area contributed by atoms with Crippen molar-refractivity contribution in [1.82, 2.24) is 0 Å². The van der Waals surface area contributed by atoms with E-state index in [1.54, 1.807) is 6.08 Å². The molecule has 0 spiro atoms. The summed E-state index contributed by atoms with van der Waals surface area (Å²) in [6.07, 6.45) is 5.07.